The Morgan fingerprint density at radius 3 is 2.35 bits per heavy atom. The molecule has 0 bridgehead atoms. The monoisotopic (exact) mass is 367 g/mol. The van der Waals surface area contributed by atoms with Crippen molar-refractivity contribution >= 4 is 11.0 Å². The Bertz CT molecular complexity index is 806. The maximum absolute atomic E-state index is 13.1. The predicted molar refractivity (Wildman–Crippen MR) is 105 cm³/mol. The molecule has 2 aromatic rings. The molecule has 136 valence electrons. The molecule has 1 aliphatic rings. The number of hydrogen-bond donors (Lipinski definition) is 0. The first-order valence-electron chi connectivity index (χ1n) is 8.83. The van der Waals surface area contributed by atoms with Crippen molar-refractivity contribution in [2.75, 3.05) is 13.2 Å². The zero-order valence-corrected chi connectivity index (χ0v) is 16.4. The van der Waals surface area contributed by atoms with E-state index in [1.807, 2.05) is 51.1 Å². The molecule has 0 aliphatic carbocycles. The minimum Gasteiger partial charge on any atom is -0.283 e. The van der Waals surface area contributed by atoms with Crippen LogP contribution in [0, 0.1) is 11.3 Å². The maximum Gasteiger partial charge on any atom is 0.102 e. The zero-order chi connectivity index (χ0) is 18.7. The van der Waals surface area contributed by atoms with E-state index in [2.05, 4.69) is 39.5 Å². The van der Waals surface area contributed by atoms with Gasteiger partial charge in [0, 0.05) is 13.1 Å². The van der Waals surface area contributed by atoms with Crippen LogP contribution in [-0.4, -0.2) is 31.4 Å². The molecule has 3 rings (SSSR count). The highest BCUT2D eigenvalue weighted by Gasteiger charge is 2.39. The van der Waals surface area contributed by atoms with Crippen molar-refractivity contribution in [3.8, 4) is 6.07 Å². The van der Waals surface area contributed by atoms with E-state index in [0.717, 1.165) is 18.7 Å². The van der Waals surface area contributed by atoms with Gasteiger partial charge in [0.25, 0.3) is 0 Å². The van der Waals surface area contributed by atoms with Crippen molar-refractivity contribution in [2.45, 2.75) is 38.1 Å². The fourth-order valence-electron chi connectivity index (χ4n) is 3.22. The van der Waals surface area contributed by atoms with Gasteiger partial charge in [0.1, 0.15) is 11.0 Å². The van der Waals surface area contributed by atoms with Crippen molar-refractivity contribution in [2.24, 2.45) is 0 Å². The molecule has 0 aromatic heterocycles. The van der Waals surface area contributed by atoms with Crippen molar-refractivity contribution in [3.63, 3.8) is 0 Å². The second-order valence-corrected chi connectivity index (χ2v) is 9.86. The Labute approximate surface area is 158 Å². The van der Waals surface area contributed by atoms with Crippen molar-refractivity contribution in [3.05, 3.63) is 71.3 Å². The van der Waals surface area contributed by atoms with Gasteiger partial charge in [0.2, 0.25) is 0 Å². The fraction of sp³-hybridized carbons (Fsp3) is 0.381. The van der Waals surface area contributed by atoms with Crippen LogP contribution in [0.4, 0.5) is 0 Å². The molecular weight excluding hydrogens is 342 g/mol. The van der Waals surface area contributed by atoms with Gasteiger partial charge in [-0.3, -0.25) is 4.90 Å². The SMILES string of the molecule is CC(C)(C)[S@@](=O)N1CN(Cc2ccccc2)C[C@@H]1c1ccc(C#N)cc1. The Morgan fingerprint density at radius 1 is 1.12 bits per heavy atom. The average molecular weight is 368 g/mol. The fourth-order valence-corrected chi connectivity index (χ4v) is 4.61. The van der Waals surface area contributed by atoms with Gasteiger partial charge in [0.15, 0.2) is 0 Å². The summed E-state index contributed by atoms with van der Waals surface area (Å²) in [5, 5.41) is 9.03. The van der Waals surface area contributed by atoms with Crippen LogP contribution < -0.4 is 0 Å². The lowest BCUT2D eigenvalue weighted by molar-refractivity contribution is 0.299. The third-order valence-corrected chi connectivity index (χ3v) is 6.37. The lowest BCUT2D eigenvalue weighted by Gasteiger charge is -2.29. The van der Waals surface area contributed by atoms with E-state index in [0.29, 0.717) is 12.2 Å². The van der Waals surface area contributed by atoms with Crippen molar-refractivity contribution in [1.29, 1.82) is 5.26 Å². The summed E-state index contributed by atoms with van der Waals surface area (Å²) in [4.78, 5) is 2.34. The van der Waals surface area contributed by atoms with Crippen LogP contribution in [0.25, 0.3) is 0 Å². The van der Waals surface area contributed by atoms with Gasteiger partial charge >= 0.3 is 0 Å². The molecule has 1 saturated heterocycles. The van der Waals surface area contributed by atoms with Gasteiger partial charge in [-0.15, -0.1) is 0 Å². The Balaban J connectivity index is 1.85. The molecule has 1 heterocycles. The minimum atomic E-state index is -1.10. The molecule has 1 aliphatic heterocycles. The van der Waals surface area contributed by atoms with Crippen LogP contribution in [-0.2, 0) is 17.5 Å². The van der Waals surface area contributed by atoms with Crippen molar-refractivity contribution in [1.82, 2.24) is 9.21 Å². The summed E-state index contributed by atoms with van der Waals surface area (Å²) in [5.41, 5.74) is 3.02. The van der Waals surface area contributed by atoms with Crippen LogP contribution >= 0.6 is 0 Å². The first-order valence-corrected chi connectivity index (χ1v) is 9.94. The van der Waals surface area contributed by atoms with Crippen LogP contribution in [0.1, 0.15) is 43.5 Å². The predicted octanol–water partition coefficient (Wildman–Crippen LogP) is 3.84. The van der Waals surface area contributed by atoms with Gasteiger partial charge in [-0.1, -0.05) is 42.5 Å². The molecule has 0 spiro atoms. The van der Waals surface area contributed by atoms with Crippen LogP contribution in [0.15, 0.2) is 54.6 Å². The van der Waals surface area contributed by atoms with Gasteiger partial charge < -0.3 is 0 Å². The smallest absolute Gasteiger partial charge is 0.102 e. The quantitative estimate of drug-likeness (QED) is 0.825. The molecule has 0 amide bonds. The standard InChI is InChI=1S/C21H25N3OS/c1-21(2,3)26(25)24-16-23(14-18-7-5-4-6-8-18)15-20(24)19-11-9-17(13-22)10-12-19/h4-12,20H,14-16H2,1-3H3/t20-,26-/m1/s1. The second-order valence-electron chi connectivity index (χ2n) is 7.67. The highest BCUT2D eigenvalue weighted by molar-refractivity contribution is 7.84. The molecule has 0 N–H and O–H groups in total. The van der Waals surface area contributed by atoms with E-state index in [4.69, 9.17) is 5.26 Å². The molecule has 0 radical (unpaired) electrons. The number of benzene rings is 2. The summed E-state index contributed by atoms with van der Waals surface area (Å²) in [6, 6.07) is 20.3. The second kappa shape index (κ2) is 7.71. The molecule has 5 heteroatoms. The van der Waals surface area contributed by atoms with E-state index in [-0.39, 0.29) is 10.8 Å². The molecule has 2 aromatic carbocycles. The molecule has 1 fully saturated rings. The first-order chi connectivity index (χ1) is 12.4. The van der Waals surface area contributed by atoms with Gasteiger partial charge in [-0.05, 0) is 44.0 Å². The van der Waals surface area contributed by atoms with Crippen LogP contribution in [0.2, 0.25) is 0 Å². The number of hydrogen-bond acceptors (Lipinski definition) is 3. The van der Waals surface area contributed by atoms with E-state index in [1.54, 1.807) is 0 Å². The zero-order valence-electron chi connectivity index (χ0n) is 15.6. The highest BCUT2D eigenvalue weighted by atomic mass is 32.2. The summed E-state index contributed by atoms with van der Waals surface area (Å²) in [7, 11) is -1.10. The summed E-state index contributed by atoms with van der Waals surface area (Å²) >= 11 is 0. The third kappa shape index (κ3) is 4.21. The van der Waals surface area contributed by atoms with Crippen LogP contribution in [0.5, 0.6) is 0 Å². The number of nitriles is 1. The molecule has 2 atom stereocenters. The molecule has 0 saturated carbocycles. The van der Waals surface area contributed by atoms with Gasteiger partial charge in [0.05, 0.1) is 29.1 Å². The third-order valence-electron chi connectivity index (χ3n) is 4.53. The highest BCUT2D eigenvalue weighted by Crippen LogP contribution is 2.33. The van der Waals surface area contributed by atoms with E-state index >= 15 is 0 Å². The van der Waals surface area contributed by atoms with E-state index in [1.165, 1.54) is 5.56 Å². The van der Waals surface area contributed by atoms with Crippen molar-refractivity contribution < 1.29 is 4.21 Å². The Hall–Kier alpha value is -2.00. The minimum absolute atomic E-state index is 0.0616. The number of nitrogens with zero attached hydrogens (tertiary/aromatic N) is 3. The maximum atomic E-state index is 13.1. The summed E-state index contributed by atoms with van der Waals surface area (Å²) in [5.74, 6) is 0. The molecular formula is C21H25N3OS. The summed E-state index contributed by atoms with van der Waals surface area (Å²) in [6.07, 6.45) is 0. The largest absolute Gasteiger partial charge is 0.283 e. The Morgan fingerprint density at radius 2 is 1.77 bits per heavy atom. The summed E-state index contributed by atoms with van der Waals surface area (Å²) < 4.78 is 14.9. The normalized spacial score (nSPS) is 20.0. The lowest BCUT2D eigenvalue weighted by Crippen LogP contribution is -2.38. The lowest BCUT2D eigenvalue weighted by atomic mass is 10.1. The molecule has 0 unspecified atom stereocenters. The molecule has 4 nitrogen and oxygen atoms in total. The van der Waals surface area contributed by atoms with Gasteiger partial charge in [-0.25, -0.2) is 8.51 Å². The molecule has 26 heavy (non-hydrogen) atoms. The first kappa shape index (κ1) is 18.8. The van der Waals surface area contributed by atoms with E-state index in [9.17, 15) is 4.21 Å². The Kier molecular flexibility index (Phi) is 5.57. The topological polar surface area (TPSA) is 47.3 Å². The number of rotatable bonds is 4. The van der Waals surface area contributed by atoms with E-state index < -0.39 is 11.0 Å². The summed E-state index contributed by atoms with van der Waals surface area (Å²) in [6.45, 7) is 8.37. The average Bonchev–Trinajstić information content (AvgIpc) is 3.04. The van der Waals surface area contributed by atoms with Gasteiger partial charge in [-0.2, -0.15) is 5.26 Å². The van der Waals surface area contributed by atoms with Crippen LogP contribution in [0.3, 0.4) is 0 Å².